The molecule has 1 fully saturated rings. The fourth-order valence-corrected chi connectivity index (χ4v) is 3.63. The zero-order valence-corrected chi connectivity index (χ0v) is 17.1. The Balaban J connectivity index is 0.00000300. The van der Waals surface area contributed by atoms with Gasteiger partial charge in [-0.1, -0.05) is 12.1 Å². The lowest BCUT2D eigenvalue weighted by Crippen LogP contribution is -2.52. The molecule has 2 N–H and O–H groups in total. The molecule has 2 aromatic rings. The van der Waals surface area contributed by atoms with Crippen LogP contribution in [0.3, 0.4) is 0 Å². The summed E-state index contributed by atoms with van der Waals surface area (Å²) < 4.78 is 1.28. The van der Waals surface area contributed by atoms with E-state index in [1.165, 1.54) is 22.9 Å². The van der Waals surface area contributed by atoms with Crippen LogP contribution in [0.25, 0.3) is 5.69 Å². The first-order valence-electron chi connectivity index (χ1n) is 9.22. The number of para-hydroxylation sites is 2. The summed E-state index contributed by atoms with van der Waals surface area (Å²) >= 11 is 0. The minimum absolute atomic E-state index is 0. The number of piperidine rings is 1. The average molecular weight is 422 g/mol. The molecule has 0 saturated carbocycles. The SMILES string of the molecule is Cc1cc(=O)c(C(=O)N2CCCCC2C(C)N)nn1-c1ccccc1[N+](=O)[O-].Cl. The summed E-state index contributed by atoms with van der Waals surface area (Å²) in [5, 5.41) is 15.6. The molecular weight excluding hydrogens is 398 g/mol. The van der Waals surface area contributed by atoms with E-state index in [-0.39, 0.29) is 41.6 Å². The first kappa shape index (κ1) is 22.5. The average Bonchev–Trinajstić information content (AvgIpc) is 2.67. The minimum atomic E-state index is -0.521. The van der Waals surface area contributed by atoms with Crippen LogP contribution in [0.15, 0.2) is 35.1 Å². The van der Waals surface area contributed by atoms with Gasteiger partial charge in [0.05, 0.1) is 4.92 Å². The molecule has 1 aromatic heterocycles. The molecule has 1 aliphatic rings. The van der Waals surface area contributed by atoms with Gasteiger partial charge in [-0.15, -0.1) is 12.4 Å². The largest absolute Gasteiger partial charge is 0.333 e. The maximum atomic E-state index is 13.1. The van der Waals surface area contributed by atoms with Gasteiger partial charge in [0.15, 0.2) is 5.69 Å². The molecule has 29 heavy (non-hydrogen) atoms. The van der Waals surface area contributed by atoms with E-state index >= 15 is 0 Å². The molecule has 1 amide bonds. The third-order valence-corrected chi connectivity index (χ3v) is 5.03. The van der Waals surface area contributed by atoms with Gasteiger partial charge in [0.2, 0.25) is 5.43 Å². The smallest absolute Gasteiger partial charge is 0.294 e. The van der Waals surface area contributed by atoms with Crippen molar-refractivity contribution in [3.8, 4) is 5.69 Å². The van der Waals surface area contributed by atoms with Crippen molar-refractivity contribution in [2.45, 2.75) is 45.2 Å². The number of likely N-dealkylation sites (tertiary alicyclic amines) is 1. The highest BCUT2D eigenvalue weighted by molar-refractivity contribution is 5.92. The summed E-state index contributed by atoms with van der Waals surface area (Å²) in [6.07, 6.45) is 2.57. The number of halogens is 1. The monoisotopic (exact) mass is 421 g/mol. The van der Waals surface area contributed by atoms with Crippen LogP contribution < -0.4 is 11.2 Å². The number of nitrogens with zero attached hydrogens (tertiary/aromatic N) is 4. The van der Waals surface area contributed by atoms with E-state index < -0.39 is 16.3 Å². The van der Waals surface area contributed by atoms with E-state index in [1.807, 2.05) is 6.92 Å². The molecule has 156 valence electrons. The maximum Gasteiger partial charge on any atom is 0.294 e. The molecule has 3 rings (SSSR count). The van der Waals surface area contributed by atoms with Crippen molar-refractivity contribution in [3.05, 3.63) is 62.1 Å². The zero-order chi connectivity index (χ0) is 20.4. The first-order valence-corrected chi connectivity index (χ1v) is 9.22. The summed E-state index contributed by atoms with van der Waals surface area (Å²) in [5.74, 6) is -0.487. The van der Waals surface area contributed by atoms with Crippen LogP contribution in [-0.2, 0) is 0 Å². The highest BCUT2D eigenvalue weighted by Gasteiger charge is 2.32. The van der Waals surface area contributed by atoms with Crippen molar-refractivity contribution < 1.29 is 9.72 Å². The molecule has 1 aromatic carbocycles. The van der Waals surface area contributed by atoms with E-state index in [2.05, 4.69) is 5.10 Å². The number of hydrogen-bond donors (Lipinski definition) is 1. The molecule has 9 nitrogen and oxygen atoms in total. The van der Waals surface area contributed by atoms with E-state index in [0.717, 1.165) is 19.3 Å². The second-order valence-electron chi connectivity index (χ2n) is 7.08. The molecule has 2 atom stereocenters. The number of amides is 1. The van der Waals surface area contributed by atoms with Crippen LogP contribution in [-0.4, -0.2) is 44.1 Å². The highest BCUT2D eigenvalue weighted by atomic mass is 35.5. The Bertz CT molecular complexity index is 975. The number of nitro groups is 1. The van der Waals surface area contributed by atoms with Crippen molar-refractivity contribution in [2.24, 2.45) is 5.73 Å². The van der Waals surface area contributed by atoms with Crippen LogP contribution in [0.5, 0.6) is 0 Å². The van der Waals surface area contributed by atoms with Gasteiger partial charge in [-0.05, 0) is 39.2 Å². The Kier molecular flexibility index (Phi) is 7.10. The van der Waals surface area contributed by atoms with Gasteiger partial charge in [0.25, 0.3) is 11.6 Å². The predicted molar refractivity (Wildman–Crippen MR) is 111 cm³/mol. The van der Waals surface area contributed by atoms with Gasteiger partial charge in [-0.25, -0.2) is 4.68 Å². The van der Waals surface area contributed by atoms with Crippen molar-refractivity contribution >= 4 is 24.0 Å². The summed E-state index contributed by atoms with van der Waals surface area (Å²) in [7, 11) is 0. The van der Waals surface area contributed by atoms with Gasteiger partial charge in [0, 0.05) is 36.5 Å². The third-order valence-electron chi connectivity index (χ3n) is 5.03. The maximum absolute atomic E-state index is 13.1. The highest BCUT2D eigenvalue weighted by Crippen LogP contribution is 2.23. The van der Waals surface area contributed by atoms with Gasteiger partial charge in [-0.3, -0.25) is 19.7 Å². The molecule has 0 radical (unpaired) electrons. The second-order valence-corrected chi connectivity index (χ2v) is 7.08. The Hall–Kier alpha value is -2.78. The summed E-state index contributed by atoms with van der Waals surface area (Å²) in [6.45, 7) is 3.96. The van der Waals surface area contributed by atoms with E-state index in [1.54, 1.807) is 24.0 Å². The fourth-order valence-electron chi connectivity index (χ4n) is 3.63. The van der Waals surface area contributed by atoms with E-state index in [0.29, 0.717) is 12.2 Å². The summed E-state index contributed by atoms with van der Waals surface area (Å²) in [4.78, 5) is 38.1. The number of carbonyl (C=O) groups excluding carboxylic acids is 1. The van der Waals surface area contributed by atoms with Gasteiger partial charge >= 0.3 is 0 Å². The standard InChI is InChI=1S/C19H23N5O4.ClH/c1-12-11-17(25)18(19(26)22-10-6-5-7-14(22)13(2)20)21-23(12)15-8-3-4-9-16(15)24(27)28;/h3-4,8-9,11,13-14H,5-7,10,20H2,1-2H3;1H. The predicted octanol–water partition coefficient (Wildman–Crippen LogP) is 2.21. The molecule has 0 aliphatic carbocycles. The second kappa shape index (κ2) is 9.15. The Labute approximate surface area is 174 Å². The fraction of sp³-hybridized carbons (Fsp3) is 0.421. The Morgan fingerprint density at radius 1 is 1.34 bits per heavy atom. The molecular formula is C19H24ClN5O4. The molecule has 10 heteroatoms. The zero-order valence-electron chi connectivity index (χ0n) is 16.3. The lowest BCUT2D eigenvalue weighted by molar-refractivity contribution is -0.384. The van der Waals surface area contributed by atoms with Crippen LogP contribution in [0.1, 0.15) is 42.4 Å². The van der Waals surface area contributed by atoms with Crippen molar-refractivity contribution in [2.75, 3.05) is 6.54 Å². The topological polar surface area (TPSA) is 124 Å². The van der Waals surface area contributed by atoms with Crippen LogP contribution in [0.2, 0.25) is 0 Å². The Morgan fingerprint density at radius 3 is 2.69 bits per heavy atom. The summed E-state index contributed by atoms with van der Waals surface area (Å²) in [5.41, 5.74) is 5.71. The minimum Gasteiger partial charge on any atom is -0.333 e. The third kappa shape index (κ3) is 4.46. The van der Waals surface area contributed by atoms with Crippen LogP contribution in [0.4, 0.5) is 5.69 Å². The number of aromatic nitrogens is 2. The van der Waals surface area contributed by atoms with Gasteiger partial charge < -0.3 is 10.6 Å². The molecule has 0 spiro atoms. The number of aryl methyl sites for hydroxylation is 1. The molecule has 2 heterocycles. The summed E-state index contributed by atoms with van der Waals surface area (Å²) in [6, 6.07) is 6.96. The number of rotatable bonds is 4. The van der Waals surface area contributed by atoms with Crippen molar-refractivity contribution in [3.63, 3.8) is 0 Å². The molecule has 0 bridgehead atoms. The lowest BCUT2D eigenvalue weighted by atomic mass is 9.96. The number of nitrogens with two attached hydrogens (primary N) is 1. The lowest BCUT2D eigenvalue weighted by Gasteiger charge is -2.37. The number of nitro benzene ring substituents is 1. The molecule has 2 unspecified atom stereocenters. The van der Waals surface area contributed by atoms with Crippen LogP contribution >= 0.6 is 12.4 Å². The number of benzene rings is 1. The first-order chi connectivity index (χ1) is 13.3. The molecule has 1 aliphatic heterocycles. The number of hydrogen-bond acceptors (Lipinski definition) is 6. The van der Waals surface area contributed by atoms with Crippen LogP contribution in [0, 0.1) is 17.0 Å². The number of carbonyl (C=O) groups is 1. The quantitative estimate of drug-likeness (QED) is 0.596. The normalized spacial score (nSPS) is 17.3. The van der Waals surface area contributed by atoms with Crippen molar-refractivity contribution in [1.82, 2.24) is 14.7 Å². The molecule has 1 saturated heterocycles. The van der Waals surface area contributed by atoms with Gasteiger partial charge in [-0.2, -0.15) is 5.10 Å². The van der Waals surface area contributed by atoms with Crippen molar-refractivity contribution in [1.29, 1.82) is 0 Å². The van der Waals surface area contributed by atoms with E-state index in [4.69, 9.17) is 5.73 Å². The van der Waals surface area contributed by atoms with Gasteiger partial charge in [0.1, 0.15) is 5.69 Å². The Morgan fingerprint density at radius 2 is 2.03 bits per heavy atom. The van der Waals surface area contributed by atoms with E-state index in [9.17, 15) is 19.7 Å².